The summed E-state index contributed by atoms with van der Waals surface area (Å²) in [4.78, 5) is 0. The van der Waals surface area contributed by atoms with Crippen molar-refractivity contribution < 1.29 is 9.13 Å². The van der Waals surface area contributed by atoms with E-state index in [1.54, 1.807) is 12.1 Å². The third-order valence-electron chi connectivity index (χ3n) is 3.60. The van der Waals surface area contributed by atoms with Crippen LogP contribution in [0, 0.1) is 17.7 Å². The van der Waals surface area contributed by atoms with Gasteiger partial charge in [-0.25, -0.2) is 4.39 Å². The van der Waals surface area contributed by atoms with E-state index in [1.807, 2.05) is 0 Å². The largest absolute Gasteiger partial charge is 0.374 e. The Hall–Kier alpha value is -0.410. The zero-order valence-electron chi connectivity index (χ0n) is 11.0. The third-order valence-corrected chi connectivity index (χ3v) is 4.21. The molecule has 1 fully saturated rings. The van der Waals surface area contributed by atoms with Crippen LogP contribution in [-0.2, 0) is 11.3 Å². The summed E-state index contributed by atoms with van der Waals surface area (Å²) in [5.41, 5.74) is 1.02. The van der Waals surface area contributed by atoms with E-state index in [-0.39, 0.29) is 5.82 Å². The van der Waals surface area contributed by atoms with Gasteiger partial charge in [0.2, 0.25) is 0 Å². The van der Waals surface area contributed by atoms with Crippen LogP contribution in [0.2, 0.25) is 0 Å². The molecule has 1 aliphatic carbocycles. The van der Waals surface area contributed by atoms with E-state index < -0.39 is 0 Å². The lowest BCUT2D eigenvalue weighted by Gasteiger charge is -2.31. The predicted octanol–water partition coefficient (Wildman–Crippen LogP) is 4.93. The SMILES string of the molecule is CC1CC(C)CC(OCc2ccc(F)c(Br)c2)C1. The molecule has 0 bridgehead atoms. The number of halogens is 2. The van der Waals surface area contributed by atoms with Crippen LogP contribution in [0.15, 0.2) is 22.7 Å². The summed E-state index contributed by atoms with van der Waals surface area (Å²) in [6.07, 6.45) is 3.95. The van der Waals surface area contributed by atoms with Gasteiger partial charge in [0.05, 0.1) is 17.2 Å². The summed E-state index contributed by atoms with van der Waals surface area (Å²) >= 11 is 3.20. The molecule has 2 rings (SSSR count). The number of benzene rings is 1. The van der Waals surface area contributed by atoms with Gasteiger partial charge < -0.3 is 4.74 Å². The van der Waals surface area contributed by atoms with Crippen molar-refractivity contribution in [2.75, 3.05) is 0 Å². The highest BCUT2D eigenvalue weighted by atomic mass is 79.9. The van der Waals surface area contributed by atoms with E-state index in [4.69, 9.17) is 4.74 Å². The van der Waals surface area contributed by atoms with Gasteiger partial charge in [0.15, 0.2) is 0 Å². The smallest absolute Gasteiger partial charge is 0.137 e. The van der Waals surface area contributed by atoms with Crippen LogP contribution in [0.3, 0.4) is 0 Å². The molecule has 18 heavy (non-hydrogen) atoms. The van der Waals surface area contributed by atoms with Gasteiger partial charge in [-0.05, 0) is 64.7 Å². The minimum absolute atomic E-state index is 0.223. The summed E-state index contributed by atoms with van der Waals surface area (Å²) in [6, 6.07) is 5.07. The molecule has 100 valence electrons. The van der Waals surface area contributed by atoms with Crippen LogP contribution in [0.4, 0.5) is 4.39 Å². The number of hydrogen-bond donors (Lipinski definition) is 0. The maximum atomic E-state index is 13.1. The molecule has 3 heteroatoms. The third kappa shape index (κ3) is 3.79. The van der Waals surface area contributed by atoms with Gasteiger partial charge in [0.25, 0.3) is 0 Å². The van der Waals surface area contributed by atoms with Crippen LogP contribution in [0.1, 0.15) is 38.7 Å². The number of hydrogen-bond acceptors (Lipinski definition) is 1. The van der Waals surface area contributed by atoms with Gasteiger partial charge in [0, 0.05) is 0 Å². The Labute approximate surface area is 117 Å². The van der Waals surface area contributed by atoms with Gasteiger partial charge in [0.1, 0.15) is 5.82 Å². The van der Waals surface area contributed by atoms with Gasteiger partial charge in [-0.1, -0.05) is 19.9 Å². The lowest BCUT2D eigenvalue weighted by molar-refractivity contribution is -0.00918. The monoisotopic (exact) mass is 314 g/mol. The van der Waals surface area contributed by atoms with Crippen LogP contribution in [0.5, 0.6) is 0 Å². The molecule has 1 aromatic rings. The first kappa shape index (κ1) is 14.0. The fourth-order valence-electron chi connectivity index (χ4n) is 2.85. The van der Waals surface area contributed by atoms with Gasteiger partial charge in [-0.3, -0.25) is 0 Å². The summed E-state index contributed by atoms with van der Waals surface area (Å²) in [5, 5.41) is 0. The summed E-state index contributed by atoms with van der Waals surface area (Å²) in [7, 11) is 0. The molecule has 0 radical (unpaired) electrons. The zero-order chi connectivity index (χ0) is 13.1. The number of rotatable bonds is 3. The minimum atomic E-state index is -0.223. The zero-order valence-corrected chi connectivity index (χ0v) is 12.5. The molecule has 0 heterocycles. The average molecular weight is 315 g/mol. The lowest BCUT2D eigenvalue weighted by atomic mass is 9.82. The maximum absolute atomic E-state index is 13.1. The van der Waals surface area contributed by atoms with Crippen molar-refractivity contribution in [3.8, 4) is 0 Å². The first-order valence-electron chi connectivity index (χ1n) is 6.60. The summed E-state index contributed by atoms with van der Waals surface area (Å²) in [5.74, 6) is 1.27. The standard InChI is InChI=1S/C15H20BrFO/c1-10-5-11(2)7-13(6-10)18-9-12-3-4-15(17)14(16)8-12/h3-4,8,10-11,13H,5-7,9H2,1-2H3. The molecule has 1 saturated carbocycles. The molecule has 0 saturated heterocycles. The molecule has 1 aromatic carbocycles. The molecule has 2 atom stereocenters. The Morgan fingerprint density at radius 3 is 2.50 bits per heavy atom. The van der Waals surface area contributed by atoms with E-state index >= 15 is 0 Å². The average Bonchev–Trinajstić information content (AvgIpc) is 2.29. The highest BCUT2D eigenvalue weighted by Crippen LogP contribution is 2.31. The van der Waals surface area contributed by atoms with E-state index in [0.717, 1.165) is 30.2 Å². The van der Waals surface area contributed by atoms with Crippen molar-refractivity contribution in [2.45, 2.75) is 45.8 Å². The van der Waals surface area contributed by atoms with Crippen LogP contribution in [-0.4, -0.2) is 6.10 Å². The van der Waals surface area contributed by atoms with E-state index in [2.05, 4.69) is 29.8 Å². The normalized spacial score (nSPS) is 28.3. The van der Waals surface area contributed by atoms with E-state index in [1.165, 1.54) is 12.5 Å². The highest BCUT2D eigenvalue weighted by molar-refractivity contribution is 9.10. The van der Waals surface area contributed by atoms with E-state index in [9.17, 15) is 4.39 Å². The molecule has 0 spiro atoms. The van der Waals surface area contributed by atoms with Gasteiger partial charge in [-0.2, -0.15) is 0 Å². The second-order valence-corrected chi connectivity index (χ2v) is 6.45. The Kier molecular flexibility index (Phi) is 4.79. The van der Waals surface area contributed by atoms with Crippen molar-refractivity contribution in [2.24, 2.45) is 11.8 Å². The van der Waals surface area contributed by atoms with Crippen molar-refractivity contribution in [3.63, 3.8) is 0 Å². The quantitative estimate of drug-likeness (QED) is 0.768. The van der Waals surface area contributed by atoms with Crippen LogP contribution >= 0.6 is 15.9 Å². The van der Waals surface area contributed by atoms with Crippen LogP contribution in [0.25, 0.3) is 0 Å². The Morgan fingerprint density at radius 1 is 1.22 bits per heavy atom. The molecule has 0 N–H and O–H groups in total. The molecule has 0 aromatic heterocycles. The minimum Gasteiger partial charge on any atom is -0.374 e. The summed E-state index contributed by atoms with van der Waals surface area (Å²) in [6.45, 7) is 5.16. The molecule has 0 aliphatic heterocycles. The first-order valence-corrected chi connectivity index (χ1v) is 7.39. The van der Waals surface area contributed by atoms with Crippen molar-refractivity contribution in [1.29, 1.82) is 0 Å². The molecular weight excluding hydrogens is 295 g/mol. The van der Waals surface area contributed by atoms with Crippen LogP contribution < -0.4 is 0 Å². The topological polar surface area (TPSA) is 9.23 Å². The van der Waals surface area contributed by atoms with Gasteiger partial charge >= 0.3 is 0 Å². The fraction of sp³-hybridized carbons (Fsp3) is 0.600. The Morgan fingerprint density at radius 2 is 1.89 bits per heavy atom. The number of ether oxygens (including phenoxy) is 1. The summed E-state index contributed by atoms with van der Waals surface area (Å²) < 4.78 is 19.6. The molecule has 0 amide bonds. The molecule has 1 aliphatic rings. The maximum Gasteiger partial charge on any atom is 0.137 e. The van der Waals surface area contributed by atoms with Gasteiger partial charge in [-0.15, -0.1) is 0 Å². The second-order valence-electron chi connectivity index (χ2n) is 5.60. The second kappa shape index (κ2) is 6.16. The Balaban J connectivity index is 1.89. The predicted molar refractivity (Wildman–Crippen MR) is 74.9 cm³/mol. The fourth-order valence-corrected chi connectivity index (χ4v) is 3.28. The van der Waals surface area contributed by atoms with Crippen molar-refractivity contribution in [3.05, 3.63) is 34.1 Å². The van der Waals surface area contributed by atoms with E-state index in [0.29, 0.717) is 17.2 Å². The molecular formula is C15H20BrFO. The first-order chi connectivity index (χ1) is 8.54. The lowest BCUT2D eigenvalue weighted by Crippen LogP contribution is -2.26. The molecule has 1 nitrogen and oxygen atoms in total. The highest BCUT2D eigenvalue weighted by Gasteiger charge is 2.24. The van der Waals surface area contributed by atoms with Crippen molar-refractivity contribution >= 4 is 15.9 Å². The molecule has 2 unspecified atom stereocenters. The van der Waals surface area contributed by atoms with Crippen molar-refractivity contribution in [1.82, 2.24) is 0 Å². The Bertz CT molecular complexity index is 397.